The number of aliphatic carboxylic acids is 6. The van der Waals surface area contributed by atoms with Gasteiger partial charge in [0.15, 0.2) is 0 Å². The second kappa shape index (κ2) is 39.0. The van der Waals surface area contributed by atoms with Crippen LogP contribution in [-0.2, 0) is 57.5 Å². The summed E-state index contributed by atoms with van der Waals surface area (Å²) in [5.41, 5.74) is 15.5. The van der Waals surface area contributed by atoms with E-state index in [9.17, 15) is 88.2 Å². The summed E-state index contributed by atoms with van der Waals surface area (Å²) in [6, 6.07) is -6.94. The number of thiol groups is 3. The van der Waals surface area contributed by atoms with Gasteiger partial charge in [0.2, 0.25) is 35.4 Å². The van der Waals surface area contributed by atoms with Crippen LogP contribution in [0.1, 0.15) is 38.5 Å². The normalized spacial score (nSPS) is 12.7. The van der Waals surface area contributed by atoms with Crippen molar-refractivity contribution >= 4 is 162 Å². The molecule has 0 saturated carbocycles. The van der Waals surface area contributed by atoms with Crippen LogP contribution in [0.3, 0.4) is 0 Å². The molecule has 0 aliphatic carbocycles. The van der Waals surface area contributed by atoms with Gasteiger partial charge in [-0.05, 0) is 19.3 Å². The Bertz CT molecular complexity index is 1350. The monoisotopic (exact) mass is 1330 g/mol. The Morgan fingerprint density at radius 1 is 0.403 bits per heavy atom. The van der Waals surface area contributed by atoms with Crippen molar-refractivity contribution in [2.24, 2.45) is 17.2 Å². The van der Waals surface area contributed by atoms with Crippen LogP contribution in [0, 0.1) is 0 Å². The van der Waals surface area contributed by atoms with Gasteiger partial charge in [0.25, 0.3) is 0 Å². The van der Waals surface area contributed by atoms with Gasteiger partial charge in [-0.2, -0.15) is 37.9 Å². The minimum absolute atomic E-state index is 0. The van der Waals surface area contributed by atoms with Crippen LogP contribution in [0.15, 0.2) is 0 Å². The predicted molar refractivity (Wildman–Crippen MR) is 210 cm³/mol. The third-order valence-corrected chi connectivity index (χ3v) is 7.77. The number of nitrogens with two attached hydrogens (primary N) is 3. The molecular weight excluding hydrogens is 1290 g/mol. The molecule has 27 nitrogen and oxygen atoms in total. The summed E-state index contributed by atoms with van der Waals surface area (Å²) in [5.74, 6) is -13.0. The summed E-state index contributed by atoms with van der Waals surface area (Å²) in [5, 5.41) is 74.4. The Morgan fingerprint density at radius 3 is 0.742 bits per heavy atom. The molecule has 0 heterocycles. The van der Waals surface area contributed by atoms with Crippen LogP contribution in [0.4, 0.5) is 0 Å². The Balaban J connectivity index is -0.000000258. The minimum atomic E-state index is -1.48. The van der Waals surface area contributed by atoms with Crippen molar-refractivity contribution in [3.63, 3.8) is 0 Å². The van der Waals surface area contributed by atoms with E-state index in [2.05, 4.69) is 53.8 Å². The average molecular weight is 1330 g/mol. The molecular formula is C30H45Bi2N9O18S3. The van der Waals surface area contributed by atoms with E-state index in [4.69, 9.17) is 17.2 Å². The molecule has 0 bridgehead atoms. The summed E-state index contributed by atoms with van der Waals surface area (Å²) in [4.78, 5) is 130. The predicted octanol–water partition coefficient (Wildman–Crippen LogP) is -15.4. The molecule has 0 aliphatic rings. The zero-order valence-corrected chi connectivity index (χ0v) is 41.9. The maximum absolute atomic E-state index is 11.5. The van der Waals surface area contributed by atoms with Gasteiger partial charge in [0, 0.05) is 54.6 Å². The maximum atomic E-state index is 11.5. The number of carboxylic acid groups (broad SMARTS) is 6. The van der Waals surface area contributed by atoms with Crippen LogP contribution in [-0.4, -0.2) is 197 Å². The zero-order chi connectivity index (χ0) is 47.1. The van der Waals surface area contributed by atoms with Crippen LogP contribution < -0.4 is 79.7 Å². The molecule has 6 atom stereocenters. The van der Waals surface area contributed by atoms with E-state index in [-0.39, 0.29) is 108 Å². The number of hydrogen-bond acceptors (Lipinski definition) is 24. The van der Waals surface area contributed by atoms with E-state index in [0.29, 0.717) is 0 Å². The Kier molecular flexibility index (Phi) is 42.4. The Labute approximate surface area is 407 Å². The number of carbonyl (C=O) groups excluding carboxylic acids is 12. The number of amides is 6. The van der Waals surface area contributed by atoms with Crippen molar-refractivity contribution in [1.82, 2.24) is 31.9 Å². The standard InChI is InChI=1S/3C10H17N3O6S.2Bi/c3*11-5(10(18)19)1-2-7(14)13-6(4-20)9(17)12-3-8(15)16;;/h3*5-6,20H,1-4,11H2,(H,12,17)(H,13,14)(H,15,16)(H,18,19);;/q;;;2*+3/p-6. The van der Waals surface area contributed by atoms with E-state index in [1.807, 2.05) is 16.0 Å². The van der Waals surface area contributed by atoms with Crippen molar-refractivity contribution in [3.05, 3.63) is 0 Å². The van der Waals surface area contributed by atoms with Crippen molar-refractivity contribution in [2.75, 3.05) is 36.9 Å². The van der Waals surface area contributed by atoms with E-state index >= 15 is 0 Å². The number of carboxylic acids is 6. The molecule has 0 spiro atoms. The first-order valence-corrected chi connectivity index (χ1v) is 18.7. The number of carbonyl (C=O) groups is 12. The molecule has 0 aromatic rings. The van der Waals surface area contributed by atoms with Gasteiger partial charge in [0.1, 0.15) is 18.1 Å². The number of rotatable bonds is 27. The molecule has 0 aliphatic heterocycles. The molecule has 0 aromatic heterocycles. The van der Waals surface area contributed by atoms with Gasteiger partial charge in [0.05, 0.1) is 55.5 Å². The number of nitrogens with one attached hydrogen (secondary N) is 6. The molecule has 32 heteroatoms. The molecule has 0 rings (SSSR count). The minimum Gasteiger partial charge on any atom is -0.548 e. The SMILES string of the molecule is NC(CCC(=O)NC(CS)C(=O)NCC(=O)[O-])C(=O)[O-].NC(CCC(=O)NC(CS)C(=O)NCC(=O)[O-])C(=O)[O-].NC(CCC(=O)NC(CS)C(=O)NCC(=O)[O-])C(=O)[O-].[Bi+3].[Bi+3]. The molecule has 12 N–H and O–H groups in total. The second-order valence-corrected chi connectivity index (χ2v) is 12.7. The molecule has 0 aromatic carbocycles. The molecule has 6 amide bonds. The van der Waals surface area contributed by atoms with E-state index in [1.165, 1.54) is 0 Å². The van der Waals surface area contributed by atoms with Crippen molar-refractivity contribution < 1.29 is 88.2 Å². The summed E-state index contributed by atoms with van der Waals surface area (Å²) in [6.07, 6.45) is -1.08. The van der Waals surface area contributed by atoms with Gasteiger partial charge >= 0.3 is 52.4 Å². The largest absolute Gasteiger partial charge is 3.00 e. The van der Waals surface area contributed by atoms with Gasteiger partial charge in [-0.1, -0.05) is 0 Å². The Morgan fingerprint density at radius 2 is 0.597 bits per heavy atom. The molecule has 0 fully saturated rings. The summed E-state index contributed by atoms with van der Waals surface area (Å²) >= 11 is 11.5. The molecule has 6 unspecified atom stereocenters. The van der Waals surface area contributed by atoms with E-state index in [1.54, 1.807) is 0 Å². The Hall–Kier alpha value is -3.66. The fourth-order valence-electron chi connectivity index (χ4n) is 3.44. The van der Waals surface area contributed by atoms with Crippen LogP contribution in [0.5, 0.6) is 0 Å². The van der Waals surface area contributed by atoms with Crippen LogP contribution in [0.2, 0.25) is 0 Å². The van der Waals surface area contributed by atoms with Crippen molar-refractivity contribution in [2.45, 2.75) is 74.8 Å². The van der Waals surface area contributed by atoms with Crippen molar-refractivity contribution in [1.29, 1.82) is 0 Å². The number of hydrogen-bond donors (Lipinski definition) is 12. The van der Waals surface area contributed by atoms with Gasteiger partial charge in [-0.15, -0.1) is 0 Å². The second-order valence-electron chi connectivity index (χ2n) is 11.6. The fraction of sp³-hybridized carbons (Fsp3) is 0.600. The topological polar surface area (TPSA) is 493 Å². The average Bonchev–Trinajstić information content (AvgIpc) is 3.18. The fourth-order valence-corrected chi connectivity index (χ4v) is 4.21. The van der Waals surface area contributed by atoms with Gasteiger partial charge in [-0.25, -0.2) is 0 Å². The van der Waals surface area contributed by atoms with Gasteiger partial charge in [-0.3, -0.25) is 28.8 Å². The smallest absolute Gasteiger partial charge is 0.548 e. The summed E-state index contributed by atoms with van der Waals surface area (Å²) in [6.45, 7) is -2.06. The molecule has 0 saturated heterocycles. The first-order chi connectivity index (χ1) is 27.8. The van der Waals surface area contributed by atoms with E-state index in [0.717, 1.165) is 0 Å². The van der Waals surface area contributed by atoms with Gasteiger partial charge < -0.3 is 109 Å². The first kappa shape index (κ1) is 67.4. The van der Waals surface area contributed by atoms with E-state index < -0.39 is 127 Å². The third-order valence-electron chi connectivity index (χ3n) is 6.68. The van der Waals surface area contributed by atoms with Crippen LogP contribution in [0.25, 0.3) is 0 Å². The van der Waals surface area contributed by atoms with Crippen LogP contribution >= 0.6 is 37.9 Å². The quantitative estimate of drug-likeness (QED) is 0.0268. The third kappa shape index (κ3) is 36.9. The maximum Gasteiger partial charge on any atom is 3.00 e. The summed E-state index contributed by atoms with van der Waals surface area (Å²) in [7, 11) is 0. The summed E-state index contributed by atoms with van der Waals surface area (Å²) < 4.78 is 0. The first-order valence-electron chi connectivity index (χ1n) is 16.9. The molecule has 346 valence electrons. The molecule has 4 radical (unpaired) electrons. The van der Waals surface area contributed by atoms with Crippen molar-refractivity contribution in [3.8, 4) is 0 Å². The zero-order valence-electron chi connectivity index (χ0n) is 32.3. The molecule has 62 heavy (non-hydrogen) atoms.